The Labute approximate surface area is 96.1 Å². The number of carbonyl (C=O) groups excluding carboxylic acids is 1. The van der Waals surface area contributed by atoms with E-state index in [2.05, 4.69) is 21.2 Å². The zero-order chi connectivity index (χ0) is 11.0. The number of hydrogen-bond donors (Lipinski definition) is 3. The first-order valence-electron chi connectivity index (χ1n) is 4.69. The van der Waals surface area contributed by atoms with E-state index < -0.39 is 5.91 Å². The summed E-state index contributed by atoms with van der Waals surface area (Å²) < 4.78 is 0.703. The molecule has 4 nitrogen and oxygen atoms in total. The molecule has 1 amide bonds. The number of rotatable bonds is 3. The quantitative estimate of drug-likeness (QED) is 0.768. The van der Waals surface area contributed by atoms with E-state index in [-0.39, 0.29) is 6.04 Å². The van der Waals surface area contributed by atoms with Crippen LogP contribution in [0.4, 0.5) is 5.69 Å². The fraction of sp³-hybridized carbons (Fsp3) is 0.300. The van der Waals surface area contributed by atoms with Crippen LogP contribution >= 0.6 is 15.9 Å². The van der Waals surface area contributed by atoms with Gasteiger partial charge in [-0.2, -0.15) is 0 Å². The second kappa shape index (κ2) is 3.83. The van der Waals surface area contributed by atoms with Crippen LogP contribution in [-0.2, 0) is 0 Å². The Hall–Kier alpha value is -1.07. The third-order valence-electron chi connectivity index (χ3n) is 2.43. The van der Waals surface area contributed by atoms with Crippen molar-refractivity contribution in [2.75, 3.05) is 5.32 Å². The van der Waals surface area contributed by atoms with E-state index in [1.54, 1.807) is 6.07 Å². The first-order chi connectivity index (χ1) is 7.08. The van der Waals surface area contributed by atoms with E-state index in [0.717, 1.165) is 12.1 Å². The maximum Gasteiger partial charge on any atom is 0.249 e. The van der Waals surface area contributed by atoms with Crippen LogP contribution in [0, 0.1) is 0 Å². The Kier molecular flexibility index (Phi) is 2.67. The molecule has 1 aromatic rings. The third-order valence-corrected chi connectivity index (χ3v) is 3.08. The van der Waals surface area contributed by atoms with Gasteiger partial charge in [-0.3, -0.25) is 4.79 Å². The molecule has 5 heteroatoms. The minimum absolute atomic E-state index is 0.250. The van der Waals surface area contributed by atoms with Crippen molar-refractivity contribution >= 4 is 27.5 Å². The number of halogens is 1. The summed E-state index contributed by atoms with van der Waals surface area (Å²) in [6.07, 6.45) is 0.995. The Morgan fingerprint density at radius 1 is 1.53 bits per heavy atom. The van der Waals surface area contributed by atoms with Crippen molar-refractivity contribution < 1.29 is 4.79 Å². The predicted molar refractivity (Wildman–Crippen MR) is 62.7 cm³/mol. The van der Waals surface area contributed by atoms with Gasteiger partial charge in [0, 0.05) is 22.2 Å². The molecule has 5 N–H and O–H groups in total. The number of anilines is 1. The van der Waals surface area contributed by atoms with Crippen LogP contribution in [0.15, 0.2) is 22.7 Å². The molecule has 2 rings (SSSR count). The van der Waals surface area contributed by atoms with E-state index in [9.17, 15) is 4.79 Å². The van der Waals surface area contributed by atoms with E-state index in [1.807, 2.05) is 12.1 Å². The van der Waals surface area contributed by atoms with Gasteiger partial charge in [0.2, 0.25) is 5.91 Å². The highest BCUT2D eigenvalue weighted by Crippen LogP contribution is 2.27. The summed E-state index contributed by atoms with van der Waals surface area (Å²) in [6, 6.07) is 5.97. The normalized spacial score (nSPS) is 23.6. The molecule has 2 atom stereocenters. The number of nitrogens with one attached hydrogen (secondary N) is 1. The lowest BCUT2D eigenvalue weighted by Crippen LogP contribution is -2.14. The summed E-state index contributed by atoms with van der Waals surface area (Å²) in [7, 11) is 0. The summed E-state index contributed by atoms with van der Waals surface area (Å²) in [5.41, 5.74) is 12.3. The van der Waals surface area contributed by atoms with Gasteiger partial charge < -0.3 is 16.8 Å². The van der Waals surface area contributed by atoms with Crippen molar-refractivity contribution in [2.24, 2.45) is 11.5 Å². The van der Waals surface area contributed by atoms with Crippen molar-refractivity contribution in [3.63, 3.8) is 0 Å². The molecule has 0 aromatic heterocycles. The van der Waals surface area contributed by atoms with Crippen LogP contribution in [0.2, 0.25) is 0 Å². The molecule has 1 fully saturated rings. The molecule has 0 spiro atoms. The van der Waals surface area contributed by atoms with Gasteiger partial charge in [0.25, 0.3) is 0 Å². The molecule has 1 aromatic carbocycles. The SMILES string of the molecule is NC(=O)c1ccc(NC2CC2N)cc1Br. The summed E-state index contributed by atoms with van der Waals surface area (Å²) >= 11 is 3.30. The minimum atomic E-state index is -0.434. The zero-order valence-electron chi connectivity index (χ0n) is 8.03. The van der Waals surface area contributed by atoms with Gasteiger partial charge in [0.1, 0.15) is 0 Å². The smallest absolute Gasteiger partial charge is 0.249 e. The van der Waals surface area contributed by atoms with Crippen LogP contribution < -0.4 is 16.8 Å². The minimum Gasteiger partial charge on any atom is -0.381 e. The zero-order valence-corrected chi connectivity index (χ0v) is 9.62. The maximum atomic E-state index is 11.0. The van der Waals surface area contributed by atoms with Gasteiger partial charge in [-0.1, -0.05) is 0 Å². The summed E-state index contributed by atoms with van der Waals surface area (Å²) in [5, 5.41) is 3.27. The van der Waals surface area contributed by atoms with E-state index >= 15 is 0 Å². The lowest BCUT2D eigenvalue weighted by molar-refractivity contribution is 0.0999. The fourth-order valence-electron chi connectivity index (χ4n) is 1.40. The maximum absolute atomic E-state index is 11.0. The van der Waals surface area contributed by atoms with E-state index in [1.165, 1.54) is 0 Å². The van der Waals surface area contributed by atoms with E-state index in [0.29, 0.717) is 16.1 Å². The predicted octanol–water partition coefficient (Wildman–Crippen LogP) is 1.06. The molecular weight excluding hydrogens is 258 g/mol. The summed E-state index contributed by atoms with van der Waals surface area (Å²) in [5.74, 6) is -0.434. The number of primary amides is 1. The van der Waals surface area contributed by atoms with Crippen molar-refractivity contribution in [3.8, 4) is 0 Å². The third kappa shape index (κ3) is 2.30. The highest BCUT2D eigenvalue weighted by molar-refractivity contribution is 9.10. The van der Waals surface area contributed by atoms with Crippen LogP contribution in [0.1, 0.15) is 16.8 Å². The fourth-order valence-corrected chi connectivity index (χ4v) is 1.97. The Morgan fingerprint density at radius 3 is 2.67 bits per heavy atom. The van der Waals surface area contributed by atoms with Gasteiger partial charge in [0.05, 0.1) is 5.56 Å². The number of carbonyl (C=O) groups is 1. The number of nitrogens with two attached hydrogens (primary N) is 2. The van der Waals surface area contributed by atoms with Gasteiger partial charge in [-0.05, 0) is 40.5 Å². The van der Waals surface area contributed by atoms with Gasteiger partial charge >= 0.3 is 0 Å². The van der Waals surface area contributed by atoms with Crippen molar-refractivity contribution in [1.29, 1.82) is 0 Å². The number of hydrogen-bond acceptors (Lipinski definition) is 3. The molecule has 2 unspecified atom stereocenters. The van der Waals surface area contributed by atoms with Crippen molar-refractivity contribution in [1.82, 2.24) is 0 Å². The number of amides is 1. The monoisotopic (exact) mass is 269 g/mol. The van der Waals surface area contributed by atoms with Gasteiger partial charge in [-0.25, -0.2) is 0 Å². The molecule has 80 valence electrons. The first kappa shape index (κ1) is 10.4. The second-order valence-corrected chi connectivity index (χ2v) is 4.56. The average Bonchev–Trinajstić information content (AvgIpc) is 2.81. The van der Waals surface area contributed by atoms with Crippen molar-refractivity contribution in [2.45, 2.75) is 18.5 Å². The molecule has 0 aliphatic heterocycles. The number of benzene rings is 1. The van der Waals surface area contributed by atoms with Crippen molar-refractivity contribution in [3.05, 3.63) is 28.2 Å². The molecule has 1 aliphatic rings. The van der Waals surface area contributed by atoms with Gasteiger partial charge in [0.15, 0.2) is 0 Å². The Morgan fingerprint density at radius 2 is 2.20 bits per heavy atom. The molecule has 0 radical (unpaired) electrons. The lowest BCUT2D eigenvalue weighted by Gasteiger charge is -2.07. The standard InChI is InChI=1S/C10H12BrN3O/c11-7-3-5(14-9-4-8(9)12)1-2-6(7)10(13)15/h1-3,8-9,14H,4,12H2,(H2,13,15). The Bertz CT molecular complexity index is 408. The molecule has 0 heterocycles. The molecular formula is C10H12BrN3O. The summed E-state index contributed by atoms with van der Waals surface area (Å²) in [4.78, 5) is 11.0. The topological polar surface area (TPSA) is 81.1 Å². The first-order valence-corrected chi connectivity index (χ1v) is 5.48. The van der Waals surface area contributed by atoms with Crippen LogP contribution in [0.5, 0.6) is 0 Å². The van der Waals surface area contributed by atoms with Gasteiger partial charge in [-0.15, -0.1) is 0 Å². The molecule has 1 saturated carbocycles. The Balaban J connectivity index is 2.14. The molecule has 15 heavy (non-hydrogen) atoms. The highest BCUT2D eigenvalue weighted by Gasteiger charge is 2.33. The second-order valence-electron chi connectivity index (χ2n) is 3.71. The largest absolute Gasteiger partial charge is 0.381 e. The molecule has 0 bridgehead atoms. The highest BCUT2D eigenvalue weighted by atomic mass is 79.9. The molecule has 0 saturated heterocycles. The molecule has 1 aliphatic carbocycles. The lowest BCUT2D eigenvalue weighted by atomic mass is 10.2. The van der Waals surface area contributed by atoms with Crippen LogP contribution in [0.25, 0.3) is 0 Å². The average molecular weight is 270 g/mol. The summed E-state index contributed by atoms with van der Waals surface area (Å²) in [6.45, 7) is 0. The van der Waals surface area contributed by atoms with E-state index in [4.69, 9.17) is 11.5 Å². The van der Waals surface area contributed by atoms with Crippen LogP contribution in [0.3, 0.4) is 0 Å². The van der Waals surface area contributed by atoms with Crippen LogP contribution in [-0.4, -0.2) is 18.0 Å².